The van der Waals surface area contributed by atoms with Gasteiger partial charge in [0.25, 0.3) is 0 Å². The van der Waals surface area contributed by atoms with Crippen molar-refractivity contribution in [1.29, 1.82) is 0 Å². The van der Waals surface area contributed by atoms with E-state index in [0.717, 1.165) is 0 Å². The number of allylic oxidation sites excluding steroid dienone is 3. The zero-order chi connectivity index (χ0) is 14.2. The van der Waals surface area contributed by atoms with E-state index in [-0.39, 0.29) is 30.3 Å². The van der Waals surface area contributed by atoms with Gasteiger partial charge in [0.05, 0.1) is 0 Å². The first-order valence-electron chi connectivity index (χ1n) is 6.83. The third-order valence-corrected chi connectivity index (χ3v) is 15.0. The largest absolute Gasteiger partial charge is 0.147 e. The van der Waals surface area contributed by atoms with E-state index in [1.807, 2.05) is 0 Å². The van der Waals surface area contributed by atoms with Gasteiger partial charge in [-0.3, -0.25) is 0 Å². The fourth-order valence-corrected chi connectivity index (χ4v) is 14.5. The van der Waals surface area contributed by atoms with Crippen LogP contribution in [0.25, 0.3) is 0 Å². The molecule has 0 aromatic heterocycles. The van der Waals surface area contributed by atoms with Gasteiger partial charge in [0.1, 0.15) is 0 Å². The van der Waals surface area contributed by atoms with Gasteiger partial charge in [-0.05, 0) is 0 Å². The molecular formula is C15H30Cl2HfNSi. The molecule has 0 bridgehead atoms. The quantitative estimate of drug-likeness (QED) is 0.456. The van der Waals surface area contributed by atoms with Crippen molar-refractivity contribution in [1.82, 2.24) is 2.89 Å². The SMILES string of the molecule is CC1=C(C)C(C)C([N]([Hf]=[Si](C)C)C(C)(C)C)=C1C.Cl.Cl. The molecule has 20 heavy (non-hydrogen) atoms. The minimum Gasteiger partial charge on any atom is -0.147 e. The van der Waals surface area contributed by atoms with Gasteiger partial charge >= 0.3 is 126 Å². The van der Waals surface area contributed by atoms with Crippen molar-refractivity contribution in [3.8, 4) is 0 Å². The summed E-state index contributed by atoms with van der Waals surface area (Å²) >= 11 is -0.681. The molecule has 1 unspecified atom stereocenters. The van der Waals surface area contributed by atoms with Crippen molar-refractivity contribution in [2.45, 2.75) is 67.1 Å². The second kappa shape index (κ2) is 8.55. The van der Waals surface area contributed by atoms with Crippen molar-refractivity contribution in [3.05, 3.63) is 22.4 Å². The molecule has 5 heteroatoms. The van der Waals surface area contributed by atoms with Crippen LogP contribution in [0.3, 0.4) is 0 Å². The number of hydrogen-bond acceptors (Lipinski definition) is 1. The van der Waals surface area contributed by atoms with Gasteiger partial charge < -0.3 is 0 Å². The number of rotatable bonds is 2. The van der Waals surface area contributed by atoms with E-state index < -0.39 is 21.8 Å². The Kier molecular flexibility index (Phi) is 9.92. The maximum atomic E-state index is 2.86. The van der Waals surface area contributed by atoms with Gasteiger partial charge in [0.2, 0.25) is 0 Å². The van der Waals surface area contributed by atoms with Gasteiger partial charge in [-0.15, -0.1) is 24.8 Å². The van der Waals surface area contributed by atoms with Crippen LogP contribution in [0.15, 0.2) is 22.4 Å². The Labute approximate surface area is 149 Å². The summed E-state index contributed by atoms with van der Waals surface area (Å²) in [5, 5.41) is 0. The van der Waals surface area contributed by atoms with E-state index >= 15 is 0 Å². The second-order valence-electron chi connectivity index (χ2n) is 6.66. The molecule has 1 nitrogen and oxygen atoms in total. The zero-order valence-electron chi connectivity index (χ0n) is 14.3. The molecule has 0 N–H and O–H groups in total. The van der Waals surface area contributed by atoms with Gasteiger partial charge in [-0.2, -0.15) is 0 Å². The number of hydrogen-bond donors (Lipinski definition) is 0. The molecule has 1 rings (SSSR count). The number of halogens is 2. The molecule has 117 valence electrons. The van der Waals surface area contributed by atoms with Crippen LogP contribution >= 0.6 is 24.8 Å². The fourth-order valence-electron chi connectivity index (χ4n) is 2.52. The Hall–Kier alpha value is 0.947. The first-order chi connectivity index (χ1) is 8.07. The summed E-state index contributed by atoms with van der Waals surface area (Å²) in [7, 11) is 0. The average molecular weight is 502 g/mol. The van der Waals surface area contributed by atoms with Gasteiger partial charge in [-0.1, -0.05) is 0 Å². The summed E-state index contributed by atoms with van der Waals surface area (Å²) in [5.74, 6) is 0.637. The van der Waals surface area contributed by atoms with Gasteiger partial charge in [-0.25, -0.2) is 0 Å². The molecule has 0 aromatic carbocycles. The van der Waals surface area contributed by atoms with Crippen LogP contribution in [0, 0.1) is 5.92 Å². The molecule has 0 saturated heterocycles. The minimum absolute atomic E-state index is 0. The van der Waals surface area contributed by atoms with E-state index in [0.29, 0.717) is 11.5 Å². The summed E-state index contributed by atoms with van der Waals surface area (Å²) in [6, 6.07) is 0. The molecule has 1 aliphatic rings. The van der Waals surface area contributed by atoms with E-state index in [4.69, 9.17) is 0 Å². The summed E-state index contributed by atoms with van der Waals surface area (Å²) in [5.41, 5.74) is 6.58. The van der Waals surface area contributed by atoms with Crippen LogP contribution in [0.4, 0.5) is 0 Å². The molecule has 0 saturated carbocycles. The molecule has 0 aliphatic heterocycles. The molecule has 0 heterocycles. The van der Waals surface area contributed by atoms with Crippen LogP contribution in [-0.4, -0.2) is 13.9 Å². The van der Waals surface area contributed by atoms with E-state index in [2.05, 4.69) is 64.4 Å². The Morgan fingerprint density at radius 2 is 1.45 bits per heavy atom. The molecule has 1 aliphatic carbocycles. The number of nitrogens with zero attached hydrogens (tertiary/aromatic N) is 1. The molecule has 0 amide bonds. The van der Waals surface area contributed by atoms with Crippen molar-refractivity contribution in [2.24, 2.45) is 5.92 Å². The molecule has 1 atom stereocenters. The standard InChI is InChI=1S/C13H22N.C2H6Si.2ClH.Hf/c1-8-9(2)11(4)12(10(8)3)14-13(5,6)7;1-3-2;;;/h10H,1-7H3;1-2H3;2*1H;/q-1;;;;+1. The predicted octanol–water partition coefficient (Wildman–Crippen LogP) is 5.44. The first kappa shape index (κ1) is 23.2. The second-order valence-corrected chi connectivity index (χ2v) is 23.7. The Bertz CT molecular complexity index is 443. The first-order valence-corrected chi connectivity index (χ1v) is 16.3. The zero-order valence-corrected chi connectivity index (χ0v) is 20.6. The predicted molar refractivity (Wildman–Crippen MR) is 93.8 cm³/mol. The normalized spacial score (nSPS) is 18.4. The van der Waals surface area contributed by atoms with E-state index in [1.54, 1.807) is 16.8 Å². The van der Waals surface area contributed by atoms with E-state index in [9.17, 15) is 0 Å². The maximum absolute atomic E-state index is 2.86. The Balaban J connectivity index is 0. The summed E-state index contributed by atoms with van der Waals surface area (Å²) < 4.78 is 2.86. The summed E-state index contributed by atoms with van der Waals surface area (Å²) in [6.45, 7) is 21.5. The van der Waals surface area contributed by atoms with Crippen LogP contribution in [0.1, 0.15) is 48.5 Å². The maximum Gasteiger partial charge on any atom is -0.147 e. The fraction of sp³-hybridized carbons (Fsp3) is 0.733. The Morgan fingerprint density at radius 3 is 1.70 bits per heavy atom. The van der Waals surface area contributed by atoms with E-state index in [1.165, 1.54) is 5.57 Å². The van der Waals surface area contributed by atoms with Crippen LogP contribution in [0.2, 0.25) is 13.1 Å². The average Bonchev–Trinajstić information content (AvgIpc) is 2.39. The van der Waals surface area contributed by atoms with Crippen molar-refractivity contribution >= 4 is 30.3 Å². The van der Waals surface area contributed by atoms with Gasteiger partial charge in [0, 0.05) is 0 Å². The monoisotopic (exact) mass is 502 g/mol. The van der Waals surface area contributed by atoms with Crippen LogP contribution in [0.5, 0.6) is 0 Å². The molecule has 0 spiro atoms. The third kappa shape index (κ3) is 5.00. The minimum atomic E-state index is -0.681. The van der Waals surface area contributed by atoms with Crippen LogP contribution < -0.4 is 0 Å². The third-order valence-electron chi connectivity index (χ3n) is 3.85. The molecule has 0 aromatic rings. The molecule has 0 fully saturated rings. The van der Waals surface area contributed by atoms with Crippen molar-refractivity contribution in [2.75, 3.05) is 0 Å². The molecular weight excluding hydrogens is 472 g/mol. The topological polar surface area (TPSA) is 3.24 Å². The summed E-state index contributed by atoms with van der Waals surface area (Å²) in [6.07, 6.45) is 0. The van der Waals surface area contributed by atoms with Crippen molar-refractivity contribution in [3.63, 3.8) is 0 Å². The van der Waals surface area contributed by atoms with Crippen LogP contribution in [-0.2, 0) is 21.8 Å². The molecule has 0 radical (unpaired) electrons. The Morgan fingerprint density at radius 1 is 1.00 bits per heavy atom. The van der Waals surface area contributed by atoms with Crippen molar-refractivity contribution < 1.29 is 21.8 Å². The summed E-state index contributed by atoms with van der Waals surface area (Å²) in [4.78, 5) is 0. The van der Waals surface area contributed by atoms with Gasteiger partial charge in [0.15, 0.2) is 0 Å². The smallest absolute Gasteiger partial charge is 0.147 e.